The average Bonchev–Trinajstić information content (AvgIpc) is 3.15. The summed E-state index contributed by atoms with van der Waals surface area (Å²) >= 11 is 0. The van der Waals surface area contributed by atoms with Gasteiger partial charge in [-0.05, 0) is 25.3 Å². The van der Waals surface area contributed by atoms with Crippen LogP contribution in [-0.4, -0.2) is 52.0 Å². The molecule has 11 heteroatoms. The van der Waals surface area contributed by atoms with Gasteiger partial charge in [0.1, 0.15) is 17.2 Å². The smallest absolute Gasteiger partial charge is 0.320 e. The number of benzene rings is 1. The Bertz CT molecular complexity index is 1370. The zero-order chi connectivity index (χ0) is 26.3. The summed E-state index contributed by atoms with van der Waals surface area (Å²) in [6.45, 7) is -2.14. The Hall–Kier alpha value is -4.15. The summed E-state index contributed by atoms with van der Waals surface area (Å²) in [5.74, 6) is -0.617. The molecule has 11 nitrogen and oxygen atoms in total. The molecule has 2 aliphatic rings. The van der Waals surface area contributed by atoms with Crippen molar-refractivity contribution < 1.29 is 13.7 Å². The van der Waals surface area contributed by atoms with E-state index in [-0.39, 0.29) is 23.1 Å². The van der Waals surface area contributed by atoms with E-state index in [4.69, 9.17) is 4.11 Å². The standard InChI is InChI=1S/C23H27N9O2/c1-24-22(33)15-11-25-19(28-23(34)26-13-6-4-7-13)10-17(15)27-16-9-5-8-14-20-18(29-32(3)30-20)12-31(2)21(14)16/h5,8-11,13H,4,6-7,12H2,1-3H3,(H,24,33)(H3,25,26,27,28,34)/i1D3. The summed E-state index contributed by atoms with van der Waals surface area (Å²) in [5.41, 5.74) is 4.27. The summed E-state index contributed by atoms with van der Waals surface area (Å²) in [6.07, 6.45) is 4.18. The topological polar surface area (TPSA) is 129 Å². The molecule has 0 saturated heterocycles. The number of hydrogen-bond acceptors (Lipinski definition) is 7. The zero-order valence-electron chi connectivity index (χ0n) is 21.8. The number of pyridine rings is 1. The largest absolute Gasteiger partial charge is 0.366 e. The molecule has 1 saturated carbocycles. The van der Waals surface area contributed by atoms with E-state index in [0.717, 1.165) is 41.9 Å². The number of nitrogens with one attached hydrogen (secondary N) is 4. The van der Waals surface area contributed by atoms with Gasteiger partial charge >= 0.3 is 6.03 Å². The summed E-state index contributed by atoms with van der Waals surface area (Å²) in [6, 6.07) is 6.89. The maximum atomic E-state index is 12.8. The number of urea groups is 1. The van der Waals surface area contributed by atoms with Crippen LogP contribution in [-0.2, 0) is 13.6 Å². The highest BCUT2D eigenvalue weighted by Crippen LogP contribution is 2.42. The van der Waals surface area contributed by atoms with E-state index in [1.54, 1.807) is 7.05 Å². The molecule has 1 aliphatic heterocycles. The van der Waals surface area contributed by atoms with Crippen LogP contribution in [0.25, 0.3) is 11.3 Å². The van der Waals surface area contributed by atoms with Gasteiger partial charge in [-0.15, -0.1) is 0 Å². The molecule has 0 atom stereocenters. The molecular formula is C23H27N9O2. The number of anilines is 4. The summed E-state index contributed by atoms with van der Waals surface area (Å²) < 4.78 is 22.3. The fraction of sp³-hybridized carbons (Fsp3) is 0.348. The molecule has 2 aromatic heterocycles. The van der Waals surface area contributed by atoms with Crippen LogP contribution < -0.4 is 26.2 Å². The van der Waals surface area contributed by atoms with Gasteiger partial charge in [0.2, 0.25) is 0 Å². The predicted octanol–water partition coefficient (Wildman–Crippen LogP) is 2.60. The van der Waals surface area contributed by atoms with Crippen molar-refractivity contribution in [2.45, 2.75) is 31.8 Å². The molecule has 4 N–H and O–H groups in total. The van der Waals surface area contributed by atoms with Crippen molar-refractivity contribution in [3.8, 4) is 11.3 Å². The van der Waals surface area contributed by atoms with Crippen molar-refractivity contribution >= 4 is 34.8 Å². The quantitative estimate of drug-likeness (QED) is 0.457. The maximum Gasteiger partial charge on any atom is 0.320 e. The summed E-state index contributed by atoms with van der Waals surface area (Å²) in [5, 5.41) is 19.8. The van der Waals surface area contributed by atoms with Crippen molar-refractivity contribution in [1.29, 1.82) is 0 Å². The second-order valence-electron chi connectivity index (χ2n) is 8.46. The molecule has 0 bridgehead atoms. The van der Waals surface area contributed by atoms with E-state index in [2.05, 4.69) is 31.1 Å². The SMILES string of the molecule is [2H]C([2H])([2H])NC(=O)c1cnc(NC(=O)NC2CCC2)cc1Nc1cccc2c1N(C)Cc1nn(C)nc1-2. The van der Waals surface area contributed by atoms with Gasteiger partial charge < -0.3 is 20.9 Å². The zero-order valence-corrected chi connectivity index (χ0v) is 18.8. The van der Waals surface area contributed by atoms with Gasteiger partial charge in [0.25, 0.3) is 5.91 Å². The Kier molecular flexibility index (Phi) is 4.66. The molecule has 0 radical (unpaired) electrons. The lowest BCUT2D eigenvalue weighted by atomic mass is 9.93. The normalized spacial score (nSPS) is 16.2. The van der Waals surface area contributed by atoms with Crippen molar-refractivity contribution in [3.63, 3.8) is 0 Å². The number of aromatic nitrogens is 4. The average molecular weight is 465 g/mol. The third kappa shape index (κ3) is 4.00. The molecule has 5 rings (SSSR count). The number of amides is 3. The Labute approximate surface area is 201 Å². The second kappa shape index (κ2) is 8.65. The lowest BCUT2D eigenvalue weighted by Crippen LogP contribution is -2.42. The molecule has 1 aromatic carbocycles. The first-order valence-electron chi connectivity index (χ1n) is 12.5. The van der Waals surface area contributed by atoms with E-state index in [0.29, 0.717) is 12.2 Å². The molecule has 1 fully saturated rings. The third-order valence-corrected chi connectivity index (χ3v) is 6.06. The molecule has 0 unspecified atom stereocenters. The number of fused-ring (bicyclic) bond motifs is 3. The minimum atomic E-state index is -2.68. The van der Waals surface area contributed by atoms with Crippen molar-refractivity contribution in [2.24, 2.45) is 7.05 Å². The fourth-order valence-corrected chi connectivity index (χ4v) is 4.22. The maximum absolute atomic E-state index is 12.8. The van der Waals surface area contributed by atoms with Gasteiger partial charge in [-0.1, -0.05) is 12.1 Å². The molecule has 0 spiro atoms. The fourth-order valence-electron chi connectivity index (χ4n) is 4.22. The van der Waals surface area contributed by atoms with Crippen LogP contribution in [0.5, 0.6) is 0 Å². The Morgan fingerprint density at radius 2 is 2.03 bits per heavy atom. The van der Waals surface area contributed by atoms with E-state index in [9.17, 15) is 9.59 Å². The molecule has 3 amide bonds. The van der Waals surface area contributed by atoms with Crippen LogP contribution in [0.2, 0.25) is 0 Å². The lowest BCUT2D eigenvalue weighted by molar-refractivity contribution is 0.0963. The monoisotopic (exact) mass is 464 g/mol. The van der Waals surface area contributed by atoms with E-state index < -0.39 is 18.9 Å². The van der Waals surface area contributed by atoms with Crippen molar-refractivity contribution in [1.82, 2.24) is 30.6 Å². The van der Waals surface area contributed by atoms with Crippen LogP contribution in [0.1, 0.15) is 39.4 Å². The first kappa shape index (κ1) is 18.3. The molecule has 1 aliphatic carbocycles. The highest BCUT2D eigenvalue weighted by molar-refractivity contribution is 6.02. The number of carbonyl (C=O) groups is 2. The van der Waals surface area contributed by atoms with Gasteiger partial charge in [-0.2, -0.15) is 15.0 Å². The van der Waals surface area contributed by atoms with Crippen LogP contribution in [0.4, 0.5) is 27.7 Å². The molecule has 176 valence electrons. The second-order valence-corrected chi connectivity index (χ2v) is 8.46. The van der Waals surface area contributed by atoms with Crippen LogP contribution in [0.3, 0.4) is 0 Å². The number of para-hydroxylation sites is 1. The number of rotatable bonds is 5. The van der Waals surface area contributed by atoms with Crippen molar-refractivity contribution in [3.05, 3.63) is 41.7 Å². The van der Waals surface area contributed by atoms with Gasteiger partial charge in [0, 0.05) is 49.1 Å². The first-order chi connectivity index (χ1) is 17.6. The molecule has 34 heavy (non-hydrogen) atoms. The van der Waals surface area contributed by atoms with Gasteiger partial charge in [0.15, 0.2) is 0 Å². The number of carbonyl (C=O) groups excluding carboxylic acids is 2. The van der Waals surface area contributed by atoms with E-state index >= 15 is 0 Å². The van der Waals surface area contributed by atoms with E-state index in [1.165, 1.54) is 17.1 Å². The van der Waals surface area contributed by atoms with Crippen LogP contribution >= 0.6 is 0 Å². The highest BCUT2D eigenvalue weighted by Gasteiger charge is 2.27. The lowest BCUT2D eigenvalue weighted by Gasteiger charge is -2.29. The highest BCUT2D eigenvalue weighted by atomic mass is 16.2. The number of hydrogen-bond donors (Lipinski definition) is 4. The summed E-state index contributed by atoms with van der Waals surface area (Å²) in [7, 11) is 3.69. The van der Waals surface area contributed by atoms with Gasteiger partial charge in [0.05, 0.1) is 29.2 Å². The molecular weight excluding hydrogens is 434 g/mol. The van der Waals surface area contributed by atoms with Crippen molar-refractivity contribution in [2.75, 3.05) is 29.6 Å². The van der Waals surface area contributed by atoms with Gasteiger partial charge in [-0.3, -0.25) is 10.1 Å². The van der Waals surface area contributed by atoms with Crippen LogP contribution in [0, 0.1) is 0 Å². The first-order valence-corrected chi connectivity index (χ1v) is 11.0. The van der Waals surface area contributed by atoms with Crippen LogP contribution in [0.15, 0.2) is 30.5 Å². The minimum absolute atomic E-state index is 0.0114. The number of aryl methyl sites for hydroxylation is 1. The number of nitrogens with zero attached hydrogens (tertiary/aromatic N) is 5. The third-order valence-electron chi connectivity index (χ3n) is 6.06. The van der Waals surface area contributed by atoms with Gasteiger partial charge in [-0.25, -0.2) is 9.78 Å². The van der Waals surface area contributed by atoms with E-state index in [1.807, 2.05) is 35.5 Å². The minimum Gasteiger partial charge on any atom is -0.366 e. The Balaban J connectivity index is 1.50. The molecule has 3 aromatic rings. The molecule has 3 heterocycles. The Morgan fingerprint density at radius 3 is 2.79 bits per heavy atom. The summed E-state index contributed by atoms with van der Waals surface area (Å²) in [4.78, 5) is 32.9. The predicted molar refractivity (Wildman–Crippen MR) is 129 cm³/mol. The Morgan fingerprint density at radius 1 is 1.18 bits per heavy atom.